The van der Waals surface area contributed by atoms with E-state index in [2.05, 4.69) is 15.6 Å². The average molecular weight is 443 g/mol. The van der Waals surface area contributed by atoms with E-state index in [1.807, 2.05) is 44.3 Å². The highest BCUT2D eigenvalue weighted by atomic mass is 35.5. The quantitative estimate of drug-likeness (QED) is 0.363. The van der Waals surface area contributed by atoms with Gasteiger partial charge in [-0.15, -0.1) is 0 Å². The van der Waals surface area contributed by atoms with Crippen molar-refractivity contribution < 1.29 is 14.5 Å². The highest BCUT2D eigenvalue weighted by molar-refractivity contribution is 6.34. The molecule has 1 heterocycles. The zero-order chi connectivity index (χ0) is 22.5. The number of benzene rings is 2. The third kappa shape index (κ3) is 5.21. The predicted molar refractivity (Wildman–Crippen MR) is 119 cm³/mol. The van der Waals surface area contributed by atoms with E-state index in [1.54, 1.807) is 0 Å². The standard InChI is InChI=1S/C22H23ClN4O4/c1-13(2)20(26-21(28)17-8-7-15(27(30)31)11-18(17)23)22(29)24-10-9-14-12-25-19-6-4-3-5-16(14)19/h3-8,11-13,20,25H,9-10H2,1-2H3,(H,24,29)(H,26,28)/t20-/m0/s1. The molecule has 0 radical (unpaired) electrons. The van der Waals surface area contributed by atoms with Crippen molar-refractivity contribution in [1.82, 2.24) is 15.6 Å². The molecule has 3 rings (SSSR count). The van der Waals surface area contributed by atoms with Crippen molar-refractivity contribution in [3.63, 3.8) is 0 Å². The normalized spacial score (nSPS) is 12.0. The highest BCUT2D eigenvalue weighted by Crippen LogP contribution is 2.23. The minimum absolute atomic E-state index is 0.0473. The summed E-state index contributed by atoms with van der Waals surface area (Å²) >= 11 is 6.03. The van der Waals surface area contributed by atoms with Gasteiger partial charge in [0.25, 0.3) is 11.6 Å². The molecule has 3 aromatic rings. The van der Waals surface area contributed by atoms with E-state index in [4.69, 9.17) is 11.6 Å². The van der Waals surface area contributed by atoms with Gasteiger partial charge >= 0.3 is 0 Å². The van der Waals surface area contributed by atoms with Gasteiger partial charge in [0, 0.05) is 35.8 Å². The number of H-pyrrole nitrogens is 1. The summed E-state index contributed by atoms with van der Waals surface area (Å²) in [4.78, 5) is 38.8. The van der Waals surface area contributed by atoms with Crippen LogP contribution in [0, 0.1) is 16.0 Å². The molecular weight excluding hydrogens is 420 g/mol. The summed E-state index contributed by atoms with van der Waals surface area (Å²) in [5.41, 5.74) is 2.00. The average Bonchev–Trinajstić information content (AvgIpc) is 3.14. The van der Waals surface area contributed by atoms with E-state index in [-0.39, 0.29) is 28.1 Å². The number of non-ortho nitro benzene ring substituents is 1. The molecule has 162 valence electrons. The van der Waals surface area contributed by atoms with Crippen LogP contribution in [-0.4, -0.2) is 34.3 Å². The van der Waals surface area contributed by atoms with Crippen LogP contribution in [0.4, 0.5) is 5.69 Å². The zero-order valence-electron chi connectivity index (χ0n) is 17.1. The largest absolute Gasteiger partial charge is 0.361 e. The van der Waals surface area contributed by atoms with Crippen molar-refractivity contribution in [3.8, 4) is 0 Å². The Morgan fingerprint density at radius 1 is 1.19 bits per heavy atom. The number of halogens is 1. The number of nitro groups is 1. The van der Waals surface area contributed by atoms with Gasteiger partial charge in [-0.25, -0.2) is 0 Å². The SMILES string of the molecule is CC(C)[C@H](NC(=O)c1ccc([N+](=O)[O-])cc1Cl)C(=O)NCCc1c[nH]c2ccccc12. The molecule has 0 aliphatic rings. The Balaban J connectivity index is 1.62. The second kappa shape index (κ2) is 9.61. The monoisotopic (exact) mass is 442 g/mol. The molecule has 2 amide bonds. The van der Waals surface area contributed by atoms with E-state index in [1.165, 1.54) is 12.1 Å². The second-order valence-corrected chi connectivity index (χ2v) is 7.92. The number of nitrogens with zero attached hydrogens (tertiary/aromatic N) is 1. The number of fused-ring (bicyclic) bond motifs is 1. The Labute approximate surface area is 184 Å². The third-order valence-electron chi connectivity index (χ3n) is 5.01. The smallest absolute Gasteiger partial charge is 0.270 e. The molecule has 0 fully saturated rings. The first-order valence-corrected chi connectivity index (χ1v) is 10.2. The maximum absolute atomic E-state index is 12.7. The first kappa shape index (κ1) is 22.3. The number of nitrogens with one attached hydrogen (secondary N) is 3. The minimum Gasteiger partial charge on any atom is -0.361 e. The van der Waals surface area contributed by atoms with Crippen LogP contribution in [0.2, 0.25) is 5.02 Å². The van der Waals surface area contributed by atoms with Gasteiger partial charge in [-0.05, 0) is 30.0 Å². The maximum atomic E-state index is 12.7. The van der Waals surface area contributed by atoms with Crippen molar-refractivity contribution in [1.29, 1.82) is 0 Å². The van der Waals surface area contributed by atoms with Gasteiger partial charge in [0.05, 0.1) is 15.5 Å². The van der Waals surface area contributed by atoms with Crippen molar-refractivity contribution in [2.45, 2.75) is 26.3 Å². The van der Waals surface area contributed by atoms with Crippen molar-refractivity contribution in [2.75, 3.05) is 6.54 Å². The van der Waals surface area contributed by atoms with Crippen LogP contribution in [0.15, 0.2) is 48.7 Å². The van der Waals surface area contributed by atoms with Crippen LogP contribution in [-0.2, 0) is 11.2 Å². The van der Waals surface area contributed by atoms with E-state index in [9.17, 15) is 19.7 Å². The van der Waals surface area contributed by atoms with Crippen molar-refractivity contribution >= 4 is 40.0 Å². The number of para-hydroxylation sites is 1. The number of hydrogen-bond acceptors (Lipinski definition) is 4. The lowest BCUT2D eigenvalue weighted by atomic mass is 10.0. The molecule has 8 nitrogen and oxygen atoms in total. The maximum Gasteiger partial charge on any atom is 0.270 e. The molecule has 31 heavy (non-hydrogen) atoms. The Hall–Kier alpha value is -3.39. The molecule has 0 saturated heterocycles. The summed E-state index contributed by atoms with van der Waals surface area (Å²) in [5, 5.41) is 17.5. The van der Waals surface area contributed by atoms with E-state index in [0.717, 1.165) is 22.5 Å². The molecular formula is C22H23ClN4O4. The molecule has 1 aromatic heterocycles. The number of nitro benzene ring substituents is 1. The summed E-state index contributed by atoms with van der Waals surface area (Å²) in [7, 11) is 0. The molecule has 0 aliphatic heterocycles. The fourth-order valence-electron chi connectivity index (χ4n) is 3.32. The topological polar surface area (TPSA) is 117 Å². The number of aromatic amines is 1. The van der Waals surface area contributed by atoms with E-state index in [0.29, 0.717) is 13.0 Å². The second-order valence-electron chi connectivity index (χ2n) is 7.52. The van der Waals surface area contributed by atoms with Gasteiger partial charge < -0.3 is 15.6 Å². The van der Waals surface area contributed by atoms with Crippen molar-refractivity contribution in [3.05, 3.63) is 74.9 Å². The lowest BCUT2D eigenvalue weighted by Crippen LogP contribution is -2.50. The Morgan fingerprint density at radius 2 is 1.94 bits per heavy atom. The highest BCUT2D eigenvalue weighted by Gasteiger charge is 2.26. The first-order valence-electron chi connectivity index (χ1n) is 9.85. The van der Waals surface area contributed by atoms with Crippen LogP contribution >= 0.6 is 11.6 Å². The summed E-state index contributed by atoms with van der Waals surface area (Å²) in [5.74, 6) is -1.04. The van der Waals surface area contributed by atoms with Gasteiger partial charge in [-0.1, -0.05) is 43.6 Å². The lowest BCUT2D eigenvalue weighted by molar-refractivity contribution is -0.384. The molecule has 2 aromatic carbocycles. The Bertz CT molecular complexity index is 1130. The predicted octanol–water partition coefficient (Wildman–Crippen LogP) is 3.84. The van der Waals surface area contributed by atoms with Crippen LogP contribution < -0.4 is 10.6 Å². The Morgan fingerprint density at radius 3 is 2.61 bits per heavy atom. The Kier molecular flexibility index (Phi) is 6.91. The molecule has 0 unspecified atom stereocenters. The van der Waals surface area contributed by atoms with Crippen molar-refractivity contribution in [2.24, 2.45) is 5.92 Å². The molecule has 0 aliphatic carbocycles. The summed E-state index contributed by atoms with van der Waals surface area (Å²) in [6, 6.07) is 10.8. The molecule has 3 N–H and O–H groups in total. The number of amides is 2. The first-order chi connectivity index (χ1) is 14.8. The fraction of sp³-hybridized carbons (Fsp3) is 0.273. The van der Waals surface area contributed by atoms with Crippen LogP contribution in [0.1, 0.15) is 29.8 Å². The number of carbonyl (C=O) groups excluding carboxylic acids is 2. The zero-order valence-corrected chi connectivity index (χ0v) is 17.9. The van der Waals surface area contributed by atoms with Gasteiger partial charge in [0.2, 0.25) is 5.91 Å². The van der Waals surface area contributed by atoms with Crippen LogP contribution in [0.25, 0.3) is 10.9 Å². The summed E-state index contributed by atoms with van der Waals surface area (Å²) in [6.07, 6.45) is 2.57. The third-order valence-corrected chi connectivity index (χ3v) is 5.33. The summed E-state index contributed by atoms with van der Waals surface area (Å²) < 4.78 is 0. The molecule has 0 spiro atoms. The number of aromatic nitrogens is 1. The summed E-state index contributed by atoms with van der Waals surface area (Å²) in [6.45, 7) is 4.06. The van der Waals surface area contributed by atoms with Gasteiger partial charge in [-0.2, -0.15) is 0 Å². The van der Waals surface area contributed by atoms with E-state index < -0.39 is 16.9 Å². The fourth-order valence-corrected chi connectivity index (χ4v) is 3.59. The number of hydrogen-bond donors (Lipinski definition) is 3. The van der Waals surface area contributed by atoms with E-state index >= 15 is 0 Å². The number of rotatable bonds is 8. The lowest BCUT2D eigenvalue weighted by Gasteiger charge is -2.22. The molecule has 0 saturated carbocycles. The number of carbonyl (C=O) groups is 2. The van der Waals surface area contributed by atoms with Crippen LogP contribution in [0.5, 0.6) is 0 Å². The molecule has 1 atom stereocenters. The van der Waals surface area contributed by atoms with Crippen LogP contribution in [0.3, 0.4) is 0 Å². The minimum atomic E-state index is -0.776. The van der Waals surface area contributed by atoms with Gasteiger partial charge in [0.15, 0.2) is 0 Å². The molecule has 0 bridgehead atoms. The van der Waals surface area contributed by atoms with Gasteiger partial charge in [0.1, 0.15) is 6.04 Å². The molecule has 9 heteroatoms. The van der Waals surface area contributed by atoms with Gasteiger partial charge in [-0.3, -0.25) is 19.7 Å².